The van der Waals surface area contributed by atoms with Gasteiger partial charge in [-0.3, -0.25) is 4.79 Å². The van der Waals surface area contributed by atoms with E-state index in [-0.39, 0.29) is 11.3 Å². The van der Waals surface area contributed by atoms with Gasteiger partial charge in [-0.2, -0.15) is 0 Å². The number of amides is 1. The van der Waals surface area contributed by atoms with Crippen molar-refractivity contribution in [2.75, 3.05) is 6.54 Å². The van der Waals surface area contributed by atoms with Crippen molar-refractivity contribution in [3.05, 3.63) is 17.8 Å². The van der Waals surface area contributed by atoms with Crippen molar-refractivity contribution in [3.63, 3.8) is 0 Å². The summed E-state index contributed by atoms with van der Waals surface area (Å²) in [6.07, 6.45) is 4.79. The summed E-state index contributed by atoms with van der Waals surface area (Å²) in [5.41, 5.74) is 5.67. The number of rotatable bonds is 8. The normalized spacial score (nSPS) is 11.6. The molecule has 0 aliphatic heterocycles. The molecule has 0 aliphatic rings. The molecule has 1 aromatic rings. The van der Waals surface area contributed by atoms with E-state index in [1.807, 2.05) is 6.92 Å². The zero-order valence-electron chi connectivity index (χ0n) is 12.2. The zero-order chi connectivity index (χ0) is 14.3. The lowest BCUT2D eigenvalue weighted by atomic mass is 9.84. The van der Waals surface area contributed by atoms with Crippen molar-refractivity contribution in [1.82, 2.24) is 10.3 Å². The molecule has 1 rings (SSSR count). The number of oxazole rings is 1. The maximum atomic E-state index is 11.7. The van der Waals surface area contributed by atoms with Gasteiger partial charge >= 0.3 is 0 Å². The van der Waals surface area contributed by atoms with Gasteiger partial charge in [-0.25, -0.2) is 4.98 Å². The molecule has 0 saturated carbocycles. The summed E-state index contributed by atoms with van der Waals surface area (Å²) in [6.45, 7) is 7.28. The summed E-state index contributed by atoms with van der Waals surface area (Å²) in [6, 6.07) is 0. The van der Waals surface area contributed by atoms with Crippen LogP contribution in [-0.4, -0.2) is 17.4 Å². The van der Waals surface area contributed by atoms with Gasteiger partial charge in [-0.1, -0.05) is 20.8 Å². The lowest BCUT2D eigenvalue weighted by Crippen LogP contribution is -2.25. The first-order chi connectivity index (χ1) is 8.96. The second-order valence-electron chi connectivity index (χ2n) is 5.55. The largest absolute Gasteiger partial charge is 0.444 e. The number of hydrogen-bond acceptors (Lipinski definition) is 4. The van der Waals surface area contributed by atoms with Crippen LogP contribution < -0.4 is 11.1 Å². The number of aromatic nitrogens is 1. The van der Waals surface area contributed by atoms with Crippen LogP contribution in [0.4, 0.5) is 0 Å². The first-order valence-corrected chi connectivity index (χ1v) is 6.87. The molecule has 0 spiro atoms. The molecule has 0 atom stereocenters. The first kappa shape index (κ1) is 15.7. The second-order valence-corrected chi connectivity index (χ2v) is 5.55. The summed E-state index contributed by atoms with van der Waals surface area (Å²) < 4.78 is 5.42. The highest BCUT2D eigenvalue weighted by Gasteiger charge is 2.18. The molecule has 1 amide bonds. The molecular weight excluding hydrogens is 242 g/mol. The van der Waals surface area contributed by atoms with Crippen LogP contribution in [0.1, 0.15) is 51.7 Å². The highest BCUT2D eigenvalue weighted by atomic mass is 16.4. The highest BCUT2D eigenvalue weighted by Crippen LogP contribution is 2.25. The van der Waals surface area contributed by atoms with E-state index in [4.69, 9.17) is 10.2 Å². The molecular formula is C14H25N3O2. The van der Waals surface area contributed by atoms with Gasteiger partial charge in [-0.15, -0.1) is 0 Å². The lowest BCUT2D eigenvalue weighted by Gasteiger charge is -2.23. The Morgan fingerprint density at radius 1 is 1.47 bits per heavy atom. The van der Waals surface area contributed by atoms with Crippen molar-refractivity contribution < 1.29 is 9.21 Å². The second kappa shape index (κ2) is 7.28. The Morgan fingerprint density at radius 3 is 2.79 bits per heavy atom. The monoisotopic (exact) mass is 267 g/mol. The van der Waals surface area contributed by atoms with Crippen LogP contribution in [0.15, 0.2) is 10.6 Å². The smallest absolute Gasteiger partial charge is 0.220 e. The molecule has 5 heteroatoms. The molecule has 1 aromatic heterocycles. The number of nitrogens with zero attached hydrogens (tertiary/aromatic N) is 1. The minimum absolute atomic E-state index is 0.0290. The van der Waals surface area contributed by atoms with Gasteiger partial charge < -0.3 is 15.5 Å². The number of hydrogen-bond donors (Lipinski definition) is 2. The van der Waals surface area contributed by atoms with Crippen molar-refractivity contribution in [3.8, 4) is 0 Å². The van der Waals surface area contributed by atoms with Crippen LogP contribution in [0.25, 0.3) is 0 Å². The zero-order valence-corrected chi connectivity index (χ0v) is 12.2. The van der Waals surface area contributed by atoms with Gasteiger partial charge in [0, 0.05) is 12.8 Å². The van der Waals surface area contributed by atoms with E-state index in [1.165, 1.54) is 0 Å². The van der Waals surface area contributed by atoms with E-state index in [0.29, 0.717) is 25.4 Å². The topological polar surface area (TPSA) is 81.2 Å². The fourth-order valence-electron chi connectivity index (χ4n) is 1.82. The van der Waals surface area contributed by atoms with E-state index in [1.54, 1.807) is 6.20 Å². The van der Waals surface area contributed by atoms with E-state index in [0.717, 1.165) is 25.0 Å². The maximum Gasteiger partial charge on any atom is 0.220 e. The van der Waals surface area contributed by atoms with Crippen molar-refractivity contribution in [2.24, 2.45) is 11.1 Å². The fourth-order valence-corrected chi connectivity index (χ4v) is 1.82. The van der Waals surface area contributed by atoms with E-state index in [9.17, 15) is 4.79 Å². The van der Waals surface area contributed by atoms with Crippen LogP contribution in [-0.2, 0) is 17.8 Å². The Morgan fingerprint density at radius 2 is 2.21 bits per heavy atom. The molecule has 3 N–H and O–H groups in total. The molecule has 0 aliphatic carbocycles. The van der Waals surface area contributed by atoms with Gasteiger partial charge in [0.25, 0.3) is 0 Å². The third kappa shape index (κ3) is 5.87. The molecule has 5 nitrogen and oxygen atoms in total. The minimum atomic E-state index is 0.0290. The number of nitrogens with one attached hydrogen (secondary N) is 1. The molecule has 0 bridgehead atoms. The Bertz CT molecular complexity index is 399. The van der Waals surface area contributed by atoms with Crippen LogP contribution in [0.2, 0.25) is 0 Å². The van der Waals surface area contributed by atoms with E-state index in [2.05, 4.69) is 24.1 Å². The van der Waals surface area contributed by atoms with Crippen LogP contribution in [0.5, 0.6) is 0 Å². The minimum Gasteiger partial charge on any atom is -0.444 e. The quantitative estimate of drug-likeness (QED) is 0.755. The van der Waals surface area contributed by atoms with Crippen molar-refractivity contribution in [1.29, 1.82) is 0 Å². The number of aryl methyl sites for hydroxylation is 1. The van der Waals surface area contributed by atoms with Crippen molar-refractivity contribution in [2.45, 2.75) is 53.0 Å². The van der Waals surface area contributed by atoms with Gasteiger partial charge in [0.05, 0.1) is 12.7 Å². The molecule has 0 aromatic carbocycles. The van der Waals surface area contributed by atoms with Gasteiger partial charge in [0.1, 0.15) is 5.76 Å². The lowest BCUT2D eigenvalue weighted by molar-refractivity contribution is -0.121. The standard InChI is InChI=1S/C14H25N3O2/c1-4-11-9-17-13(19-11)10-16-12(18)5-6-14(2,3)7-8-15/h9H,4-8,10,15H2,1-3H3,(H,16,18). The van der Waals surface area contributed by atoms with Gasteiger partial charge in [-0.05, 0) is 24.8 Å². The predicted molar refractivity (Wildman–Crippen MR) is 74.4 cm³/mol. The fraction of sp³-hybridized carbons (Fsp3) is 0.714. The van der Waals surface area contributed by atoms with Gasteiger partial charge in [0.15, 0.2) is 0 Å². The summed E-state index contributed by atoms with van der Waals surface area (Å²) in [7, 11) is 0. The Labute approximate surface area is 115 Å². The number of carbonyl (C=O) groups is 1. The summed E-state index contributed by atoms with van der Waals surface area (Å²) in [5, 5.41) is 2.82. The van der Waals surface area contributed by atoms with Gasteiger partial charge in [0.2, 0.25) is 11.8 Å². The summed E-state index contributed by atoms with van der Waals surface area (Å²) in [4.78, 5) is 15.8. The molecule has 0 unspecified atom stereocenters. The number of nitrogens with two attached hydrogens (primary N) is 1. The average Bonchev–Trinajstić information content (AvgIpc) is 2.82. The summed E-state index contributed by atoms with van der Waals surface area (Å²) in [5.74, 6) is 1.43. The summed E-state index contributed by atoms with van der Waals surface area (Å²) >= 11 is 0. The SMILES string of the molecule is CCc1cnc(CNC(=O)CCC(C)(C)CCN)o1. The molecule has 19 heavy (non-hydrogen) atoms. The molecule has 1 heterocycles. The van der Waals surface area contributed by atoms with Crippen LogP contribution in [0.3, 0.4) is 0 Å². The Kier molecular flexibility index (Phi) is 6.02. The first-order valence-electron chi connectivity index (χ1n) is 6.87. The molecule has 0 fully saturated rings. The van der Waals surface area contributed by atoms with Crippen molar-refractivity contribution >= 4 is 5.91 Å². The third-order valence-corrected chi connectivity index (χ3v) is 3.24. The van der Waals surface area contributed by atoms with Crippen LogP contribution in [0, 0.1) is 5.41 Å². The van der Waals surface area contributed by atoms with E-state index >= 15 is 0 Å². The molecule has 0 saturated heterocycles. The van der Waals surface area contributed by atoms with Crippen LogP contribution >= 0.6 is 0 Å². The number of carbonyl (C=O) groups excluding carboxylic acids is 1. The average molecular weight is 267 g/mol. The predicted octanol–water partition coefficient (Wildman–Crippen LogP) is 2.01. The third-order valence-electron chi connectivity index (χ3n) is 3.24. The van der Waals surface area contributed by atoms with E-state index < -0.39 is 0 Å². The Balaban J connectivity index is 2.28. The molecule has 108 valence electrons. The Hall–Kier alpha value is -1.36. The highest BCUT2D eigenvalue weighted by molar-refractivity contribution is 5.75. The molecule has 0 radical (unpaired) electrons. The maximum absolute atomic E-state index is 11.7.